The molecule has 0 spiro atoms. The van der Waals surface area contributed by atoms with Crippen molar-refractivity contribution in [2.75, 3.05) is 38.1 Å². The van der Waals surface area contributed by atoms with Gasteiger partial charge in [-0.3, -0.25) is 4.99 Å². The highest BCUT2D eigenvalue weighted by molar-refractivity contribution is 14.0. The van der Waals surface area contributed by atoms with E-state index < -0.39 is 0 Å². The number of nitrogens with zero attached hydrogens (tertiary/aromatic N) is 4. The van der Waals surface area contributed by atoms with Crippen molar-refractivity contribution in [3.05, 3.63) is 23.9 Å². The molecule has 1 N–H and O–H groups in total. The van der Waals surface area contributed by atoms with Gasteiger partial charge in [0.15, 0.2) is 5.96 Å². The molecule has 2 unspecified atom stereocenters. The number of halogens is 1. The Labute approximate surface area is 180 Å². The maximum Gasteiger partial charge on any atom is 0.193 e. The molecule has 0 saturated carbocycles. The van der Waals surface area contributed by atoms with E-state index in [1.807, 2.05) is 13.2 Å². The molecule has 0 radical (unpaired) electrons. The van der Waals surface area contributed by atoms with Crippen LogP contribution >= 0.6 is 24.0 Å². The lowest BCUT2D eigenvalue weighted by Gasteiger charge is -2.36. The van der Waals surface area contributed by atoms with Crippen LogP contribution in [0.3, 0.4) is 0 Å². The van der Waals surface area contributed by atoms with Crippen molar-refractivity contribution in [1.29, 1.82) is 0 Å². The SMILES string of the molecule is CN=C(NCc1ccc(N2CC(C)OC(C)C2)nc1)N1CCC(C)(C)C1.I. The number of ether oxygens (including phenoxy) is 1. The van der Waals surface area contributed by atoms with Crippen LogP contribution in [0.25, 0.3) is 0 Å². The summed E-state index contributed by atoms with van der Waals surface area (Å²) < 4.78 is 5.80. The number of pyridine rings is 1. The normalized spacial score (nSPS) is 25.3. The summed E-state index contributed by atoms with van der Waals surface area (Å²) in [5.74, 6) is 2.01. The van der Waals surface area contributed by atoms with Gasteiger partial charge in [0.1, 0.15) is 5.82 Å². The van der Waals surface area contributed by atoms with Gasteiger partial charge in [0, 0.05) is 46.0 Å². The maximum absolute atomic E-state index is 5.80. The predicted octanol–water partition coefficient (Wildman–Crippen LogP) is 3.12. The fourth-order valence-electron chi connectivity index (χ4n) is 3.88. The van der Waals surface area contributed by atoms with E-state index in [4.69, 9.17) is 4.74 Å². The molecule has 152 valence electrons. The van der Waals surface area contributed by atoms with Crippen molar-refractivity contribution >= 4 is 35.8 Å². The molecule has 0 aromatic carbocycles. The third kappa shape index (κ3) is 5.94. The Morgan fingerprint density at radius 1 is 1.30 bits per heavy atom. The zero-order valence-electron chi connectivity index (χ0n) is 17.2. The highest BCUT2D eigenvalue weighted by atomic mass is 127. The third-order valence-electron chi connectivity index (χ3n) is 5.19. The Kier molecular flexibility index (Phi) is 7.73. The van der Waals surface area contributed by atoms with Crippen molar-refractivity contribution in [3.8, 4) is 0 Å². The highest BCUT2D eigenvalue weighted by Crippen LogP contribution is 2.28. The van der Waals surface area contributed by atoms with E-state index in [0.29, 0.717) is 5.41 Å². The quantitative estimate of drug-likeness (QED) is 0.404. The van der Waals surface area contributed by atoms with Gasteiger partial charge in [-0.15, -0.1) is 24.0 Å². The number of hydrogen-bond acceptors (Lipinski definition) is 4. The van der Waals surface area contributed by atoms with Crippen molar-refractivity contribution < 1.29 is 4.74 Å². The fourth-order valence-corrected chi connectivity index (χ4v) is 3.88. The van der Waals surface area contributed by atoms with Crippen LogP contribution in [0.4, 0.5) is 5.82 Å². The molecule has 1 aromatic rings. The van der Waals surface area contributed by atoms with E-state index in [-0.39, 0.29) is 36.2 Å². The van der Waals surface area contributed by atoms with Gasteiger partial charge in [-0.05, 0) is 37.3 Å². The molecule has 1 aromatic heterocycles. The summed E-state index contributed by atoms with van der Waals surface area (Å²) >= 11 is 0. The van der Waals surface area contributed by atoms with Crippen molar-refractivity contribution in [1.82, 2.24) is 15.2 Å². The first-order chi connectivity index (χ1) is 12.4. The number of morpholine rings is 1. The van der Waals surface area contributed by atoms with E-state index in [1.165, 1.54) is 12.0 Å². The molecule has 2 aliphatic heterocycles. The molecular weight excluding hydrogens is 453 g/mol. The average Bonchev–Trinajstić information content (AvgIpc) is 2.95. The molecule has 6 nitrogen and oxygen atoms in total. The van der Waals surface area contributed by atoms with Crippen molar-refractivity contribution in [3.63, 3.8) is 0 Å². The van der Waals surface area contributed by atoms with Gasteiger partial charge in [-0.2, -0.15) is 0 Å². The number of hydrogen-bond donors (Lipinski definition) is 1. The van der Waals surface area contributed by atoms with Crippen LogP contribution in [0.5, 0.6) is 0 Å². The van der Waals surface area contributed by atoms with Gasteiger partial charge < -0.3 is 19.9 Å². The summed E-state index contributed by atoms with van der Waals surface area (Å²) in [6.45, 7) is 13.5. The molecule has 2 fully saturated rings. The molecule has 2 aliphatic rings. The van der Waals surface area contributed by atoms with Crippen molar-refractivity contribution in [2.24, 2.45) is 10.4 Å². The summed E-state index contributed by atoms with van der Waals surface area (Å²) in [5.41, 5.74) is 1.54. The molecule has 2 saturated heterocycles. The molecule has 7 heteroatoms. The van der Waals surface area contributed by atoms with Gasteiger partial charge in [0.25, 0.3) is 0 Å². The minimum absolute atomic E-state index is 0. The highest BCUT2D eigenvalue weighted by Gasteiger charge is 2.30. The minimum Gasteiger partial charge on any atom is -0.372 e. The Bertz CT molecular complexity index is 624. The Balaban J connectivity index is 0.00000261. The Morgan fingerprint density at radius 2 is 2.00 bits per heavy atom. The summed E-state index contributed by atoms with van der Waals surface area (Å²) in [7, 11) is 1.86. The molecule has 0 amide bonds. The van der Waals surface area contributed by atoms with E-state index >= 15 is 0 Å². The van der Waals surface area contributed by atoms with E-state index in [1.54, 1.807) is 0 Å². The number of likely N-dealkylation sites (tertiary alicyclic amines) is 1. The van der Waals surface area contributed by atoms with Crippen molar-refractivity contribution in [2.45, 2.75) is 52.9 Å². The number of aliphatic imine (C=N–C) groups is 1. The first kappa shape index (κ1) is 22.2. The van der Waals surface area contributed by atoms with Gasteiger partial charge in [-0.25, -0.2) is 4.98 Å². The zero-order chi connectivity index (χ0) is 18.7. The lowest BCUT2D eigenvalue weighted by Crippen LogP contribution is -2.45. The Morgan fingerprint density at radius 3 is 2.52 bits per heavy atom. The lowest BCUT2D eigenvalue weighted by molar-refractivity contribution is -0.00545. The van der Waals surface area contributed by atoms with Gasteiger partial charge in [0.2, 0.25) is 0 Å². The molecule has 27 heavy (non-hydrogen) atoms. The predicted molar refractivity (Wildman–Crippen MR) is 122 cm³/mol. The molecule has 0 aliphatic carbocycles. The zero-order valence-corrected chi connectivity index (χ0v) is 19.6. The number of anilines is 1. The average molecular weight is 487 g/mol. The second-order valence-electron chi connectivity index (χ2n) is 8.42. The van der Waals surface area contributed by atoms with Crippen LogP contribution in [0.15, 0.2) is 23.3 Å². The molecule has 2 atom stereocenters. The molecule has 3 heterocycles. The number of rotatable bonds is 3. The van der Waals surface area contributed by atoms with Gasteiger partial charge >= 0.3 is 0 Å². The second kappa shape index (κ2) is 9.41. The fraction of sp³-hybridized carbons (Fsp3) is 0.700. The summed E-state index contributed by atoms with van der Waals surface area (Å²) in [4.78, 5) is 13.8. The summed E-state index contributed by atoms with van der Waals surface area (Å²) in [5, 5.41) is 3.48. The van der Waals surface area contributed by atoms with Crippen LogP contribution in [0.2, 0.25) is 0 Å². The van der Waals surface area contributed by atoms with E-state index in [0.717, 1.165) is 44.5 Å². The van der Waals surface area contributed by atoms with Crippen LogP contribution < -0.4 is 10.2 Å². The van der Waals surface area contributed by atoms with E-state index in [9.17, 15) is 0 Å². The number of aromatic nitrogens is 1. The number of nitrogens with one attached hydrogen (secondary N) is 1. The van der Waals surface area contributed by atoms with E-state index in [2.05, 4.69) is 64.9 Å². The largest absolute Gasteiger partial charge is 0.372 e. The summed E-state index contributed by atoms with van der Waals surface area (Å²) in [6, 6.07) is 4.27. The first-order valence-electron chi connectivity index (χ1n) is 9.67. The first-order valence-corrected chi connectivity index (χ1v) is 9.67. The minimum atomic E-state index is 0. The second-order valence-corrected chi connectivity index (χ2v) is 8.42. The molecular formula is C20H34IN5O. The van der Waals surface area contributed by atoms with Crippen LogP contribution in [0.1, 0.15) is 39.7 Å². The molecule has 3 rings (SSSR count). The monoisotopic (exact) mass is 487 g/mol. The van der Waals surface area contributed by atoms with Crippen LogP contribution in [-0.2, 0) is 11.3 Å². The lowest BCUT2D eigenvalue weighted by atomic mass is 9.93. The maximum atomic E-state index is 5.80. The third-order valence-corrected chi connectivity index (χ3v) is 5.19. The van der Waals surface area contributed by atoms with Crippen LogP contribution in [0, 0.1) is 5.41 Å². The van der Waals surface area contributed by atoms with Gasteiger partial charge in [-0.1, -0.05) is 19.9 Å². The smallest absolute Gasteiger partial charge is 0.193 e. The number of guanidine groups is 1. The van der Waals surface area contributed by atoms with Crippen LogP contribution in [-0.4, -0.2) is 61.3 Å². The van der Waals surface area contributed by atoms with Gasteiger partial charge in [0.05, 0.1) is 12.2 Å². The standard InChI is InChI=1S/C20H33N5O.HI/c1-15-12-25(13-16(2)26-15)18-7-6-17(10-22-18)11-23-19(21-5)24-9-8-20(3,4)14-24;/h6-7,10,15-16H,8-9,11-14H2,1-5H3,(H,21,23);1H. The Hall–Kier alpha value is -1.09. The topological polar surface area (TPSA) is 53.0 Å². The summed E-state index contributed by atoms with van der Waals surface area (Å²) in [6.07, 6.45) is 3.67. The molecule has 0 bridgehead atoms.